The number of hydrogen-bond donors (Lipinski definition) is 1. The van der Waals surface area contributed by atoms with Gasteiger partial charge in [-0.05, 0) is 30.3 Å². The number of sulfonamides is 1. The molecule has 1 amide bonds. The highest BCUT2D eigenvalue weighted by Gasteiger charge is 2.22. The van der Waals surface area contributed by atoms with Gasteiger partial charge in [-0.25, -0.2) is 8.42 Å². The second-order valence-corrected chi connectivity index (χ2v) is 7.73. The molecule has 0 fully saturated rings. The number of nitrogens with one attached hydrogen (secondary N) is 1. The summed E-state index contributed by atoms with van der Waals surface area (Å²) in [5, 5.41) is 2.68. The van der Waals surface area contributed by atoms with Crippen LogP contribution in [0.1, 0.15) is 16.1 Å². The van der Waals surface area contributed by atoms with Crippen LogP contribution in [0.2, 0.25) is 0 Å². The average molecular weight is 383 g/mol. The van der Waals surface area contributed by atoms with E-state index < -0.39 is 15.9 Å². The standard InChI is InChI=1S/C18H17N5O3S/c1-23(13-16-12-20-8-9-21-16)27(25,26)17-6-2-4-14(10-17)18(24)22-15-5-3-7-19-11-15/h2-12H,13H2,1H3,(H,22,24). The number of rotatable bonds is 6. The number of amides is 1. The molecule has 8 nitrogen and oxygen atoms in total. The molecule has 0 aliphatic carbocycles. The van der Waals surface area contributed by atoms with Crippen LogP contribution < -0.4 is 5.32 Å². The molecule has 0 atom stereocenters. The molecule has 2 aromatic heterocycles. The molecule has 2 heterocycles. The van der Waals surface area contributed by atoms with Gasteiger partial charge in [0.15, 0.2) is 0 Å². The highest BCUT2D eigenvalue weighted by molar-refractivity contribution is 7.89. The lowest BCUT2D eigenvalue weighted by atomic mass is 10.2. The molecule has 1 N–H and O–H groups in total. The molecular weight excluding hydrogens is 366 g/mol. The smallest absolute Gasteiger partial charge is 0.255 e. The molecule has 0 unspecified atom stereocenters. The number of aromatic nitrogens is 3. The first-order valence-electron chi connectivity index (χ1n) is 7.99. The Kier molecular flexibility index (Phi) is 5.53. The summed E-state index contributed by atoms with van der Waals surface area (Å²) in [4.78, 5) is 24.3. The number of benzene rings is 1. The molecule has 0 spiro atoms. The summed E-state index contributed by atoms with van der Waals surface area (Å²) in [6.07, 6.45) is 7.62. The summed E-state index contributed by atoms with van der Waals surface area (Å²) in [5.74, 6) is -0.420. The fourth-order valence-electron chi connectivity index (χ4n) is 2.34. The van der Waals surface area contributed by atoms with E-state index in [0.717, 1.165) is 4.31 Å². The zero-order chi connectivity index (χ0) is 19.3. The van der Waals surface area contributed by atoms with Crippen LogP contribution >= 0.6 is 0 Å². The molecule has 3 rings (SSSR count). The number of pyridine rings is 1. The van der Waals surface area contributed by atoms with Gasteiger partial charge in [0, 0.05) is 37.4 Å². The third-order valence-electron chi connectivity index (χ3n) is 3.73. The SMILES string of the molecule is CN(Cc1cnccn1)S(=O)(=O)c1cccc(C(=O)Nc2cccnc2)c1. The normalized spacial score (nSPS) is 11.3. The second-order valence-electron chi connectivity index (χ2n) is 5.68. The minimum absolute atomic E-state index is 0.0210. The molecule has 3 aromatic rings. The largest absolute Gasteiger partial charge is 0.321 e. The summed E-state index contributed by atoms with van der Waals surface area (Å²) in [7, 11) is -2.34. The van der Waals surface area contributed by atoms with Gasteiger partial charge in [0.25, 0.3) is 5.91 Å². The molecule has 9 heteroatoms. The van der Waals surface area contributed by atoms with Crippen molar-refractivity contribution in [3.63, 3.8) is 0 Å². The van der Waals surface area contributed by atoms with E-state index in [4.69, 9.17) is 0 Å². The van der Waals surface area contributed by atoms with Crippen molar-refractivity contribution in [2.75, 3.05) is 12.4 Å². The highest BCUT2D eigenvalue weighted by Crippen LogP contribution is 2.18. The summed E-state index contributed by atoms with van der Waals surface area (Å²) in [5.41, 5.74) is 1.28. The van der Waals surface area contributed by atoms with E-state index in [-0.39, 0.29) is 17.0 Å². The van der Waals surface area contributed by atoms with E-state index in [1.165, 1.54) is 50.0 Å². The Morgan fingerprint density at radius 3 is 2.59 bits per heavy atom. The van der Waals surface area contributed by atoms with Crippen LogP contribution in [0.25, 0.3) is 0 Å². The van der Waals surface area contributed by atoms with E-state index in [1.54, 1.807) is 24.4 Å². The van der Waals surface area contributed by atoms with Crippen LogP contribution in [0.15, 0.2) is 72.3 Å². The van der Waals surface area contributed by atoms with Gasteiger partial charge in [0.05, 0.1) is 29.0 Å². The number of carbonyl (C=O) groups is 1. The zero-order valence-electron chi connectivity index (χ0n) is 14.5. The van der Waals surface area contributed by atoms with Crippen molar-refractivity contribution in [3.8, 4) is 0 Å². The maximum absolute atomic E-state index is 12.8. The van der Waals surface area contributed by atoms with Crippen molar-refractivity contribution in [2.24, 2.45) is 0 Å². The van der Waals surface area contributed by atoms with Gasteiger partial charge in [0.2, 0.25) is 10.0 Å². The molecule has 0 aliphatic rings. The Bertz CT molecular complexity index is 1030. The van der Waals surface area contributed by atoms with Crippen LogP contribution in [0.3, 0.4) is 0 Å². The van der Waals surface area contributed by atoms with Crippen molar-refractivity contribution in [3.05, 3.63) is 78.6 Å². The highest BCUT2D eigenvalue weighted by atomic mass is 32.2. The molecular formula is C18H17N5O3S. The number of carbonyl (C=O) groups excluding carboxylic acids is 1. The third-order valence-corrected chi connectivity index (χ3v) is 5.52. The van der Waals surface area contributed by atoms with E-state index in [9.17, 15) is 13.2 Å². The zero-order valence-corrected chi connectivity index (χ0v) is 15.3. The van der Waals surface area contributed by atoms with Crippen molar-refractivity contribution < 1.29 is 13.2 Å². The molecule has 1 aromatic carbocycles. The lowest BCUT2D eigenvalue weighted by Crippen LogP contribution is -2.27. The molecule has 0 bridgehead atoms. The molecule has 0 radical (unpaired) electrons. The van der Waals surface area contributed by atoms with Crippen LogP contribution in [0, 0.1) is 0 Å². The third kappa shape index (κ3) is 4.52. The number of hydrogen-bond acceptors (Lipinski definition) is 6. The Balaban J connectivity index is 1.80. The summed E-state index contributed by atoms with van der Waals surface area (Å²) in [6.45, 7) is 0.0717. The van der Waals surface area contributed by atoms with E-state index in [2.05, 4.69) is 20.3 Å². The first kappa shape index (κ1) is 18.6. The Morgan fingerprint density at radius 1 is 1.07 bits per heavy atom. The fraction of sp³-hybridized carbons (Fsp3) is 0.111. The summed E-state index contributed by atoms with van der Waals surface area (Å²) in [6, 6.07) is 9.25. The molecule has 0 saturated carbocycles. The minimum atomic E-state index is -3.79. The lowest BCUT2D eigenvalue weighted by molar-refractivity contribution is 0.102. The quantitative estimate of drug-likeness (QED) is 0.697. The van der Waals surface area contributed by atoms with Crippen LogP contribution in [0.4, 0.5) is 5.69 Å². The fourth-order valence-corrected chi connectivity index (χ4v) is 3.53. The Hall–Kier alpha value is -3.17. The van der Waals surface area contributed by atoms with Gasteiger partial charge in [-0.15, -0.1) is 0 Å². The Morgan fingerprint density at radius 2 is 1.89 bits per heavy atom. The van der Waals surface area contributed by atoms with Crippen molar-refractivity contribution in [1.82, 2.24) is 19.3 Å². The van der Waals surface area contributed by atoms with Crippen molar-refractivity contribution >= 4 is 21.6 Å². The maximum Gasteiger partial charge on any atom is 0.255 e. The first-order valence-corrected chi connectivity index (χ1v) is 9.43. The summed E-state index contributed by atoms with van der Waals surface area (Å²) >= 11 is 0. The van der Waals surface area contributed by atoms with Gasteiger partial charge >= 0.3 is 0 Å². The van der Waals surface area contributed by atoms with Crippen molar-refractivity contribution in [1.29, 1.82) is 0 Å². The first-order chi connectivity index (χ1) is 13.0. The minimum Gasteiger partial charge on any atom is -0.321 e. The van der Waals surface area contributed by atoms with Crippen LogP contribution in [0.5, 0.6) is 0 Å². The van der Waals surface area contributed by atoms with Gasteiger partial charge in [-0.3, -0.25) is 19.7 Å². The predicted octanol–water partition coefficient (Wildman–Crippen LogP) is 1.94. The molecule has 0 aliphatic heterocycles. The molecule has 27 heavy (non-hydrogen) atoms. The van der Waals surface area contributed by atoms with E-state index in [1.807, 2.05) is 0 Å². The van der Waals surface area contributed by atoms with Crippen LogP contribution in [-0.2, 0) is 16.6 Å². The number of nitrogens with zero attached hydrogens (tertiary/aromatic N) is 4. The predicted molar refractivity (Wildman–Crippen MR) is 99.3 cm³/mol. The van der Waals surface area contributed by atoms with E-state index >= 15 is 0 Å². The second kappa shape index (κ2) is 8.02. The van der Waals surface area contributed by atoms with Crippen LogP contribution in [-0.4, -0.2) is 40.6 Å². The molecule has 138 valence electrons. The average Bonchev–Trinajstić information content (AvgIpc) is 2.69. The Labute approximate surface area is 157 Å². The van der Waals surface area contributed by atoms with Gasteiger partial charge in [0.1, 0.15) is 0 Å². The monoisotopic (exact) mass is 383 g/mol. The maximum atomic E-state index is 12.8. The summed E-state index contributed by atoms with van der Waals surface area (Å²) < 4.78 is 26.8. The van der Waals surface area contributed by atoms with Crippen molar-refractivity contribution in [2.45, 2.75) is 11.4 Å². The van der Waals surface area contributed by atoms with Gasteiger partial charge < -0.3 is 5.32 Å². The lowest BCUT2D eigenvalue weighted by Gasteiger charge is -2.17. The van der Waals surface area contributed by atoms with E-state index in [0.29, 0.717) is 11.4 Å². The topological polar surface area (TPSA) is 105 Å². The van der Waals surface area contributed by atoms with Gasteiger partial charge in [-0.1, -0.05) is 6.07 Å². The molecule has 0 saturated heterocycles. The number of anilines is 1. The van der Waals surface area contributed by atoms with Gasteiger partial charge in [-0.2, -0.15) is 4.31 Å².